The highest BCUT2D eigenvalue weighted by Gasteiger charge is 2.13. The molecule has 0 radical (unpaired) electrons. The number of imide groups is 1. The minimum atomic E-state index is -0.541. The maximum atomic E-state index is 12.3. The molecule has 0 fully saturated rings. The van der Waals surface area contributed by atoms with E-state index in [4.69, 9.17) is 0 Å². The van der Waals surface area contributed by atoms with Gasteiger partial charge in [0.15, 0.2) is 0 Å². The third kappa shape index (κ3) is 3.97. The Morgan fingerprint density at radius 2 is 1.36 bits per heavy atom. The van der Waals surface area contributed by atoms with Gasteiger partial charge in [0.25, 0.3) is 0 Å². The molecule has 5 nitrogen and oxygen atoms in total. The van der Waals surface area contributed by atoms with Gasteiger partial charge in [-0.25, -0.2) is 9.78 Å². The third-order valence-corrected chi connectivity index (χ3v) is 5.31. The average molecular weight is 387 g/mol. The summed E-state index contributed by atoms with van der Waals surface area (Å²) in [4.78, 5) is 29.9. The van der Waals surface area contributed by atoms with Gasteiger partial charge < -0.3 is 5.32 Å². The largest absolute Gasteiger partial charge is 0.325 e. The van der Waals surface area contributed by atoms with Crippen molar-refractivity contribution in [1.29, 1.82) is 0 Å². The summed E-state index contributed by atoms with van der Waals surface area (Å²) < 4.78 is 0. The van der Waals surface area contributed by atoms with Crippen molar-refractivity contribution < 1.29 is 9.59 Å². The fourth-order valence-corrected chi connectivity index (χ4v) is 3.94. The van der Waals surface area contributed by atoms with E-state index in [9.17, 15) is 9.59 Å². The van der Waals surface area contributed by atoms with E-state index in [0.29, 0.717) is 5.69 Å². The fraction of sp³-hybridized carbons (Fsp3) is 0.0455. The molecule has 0 aliphatic rings. The molecule has 0 saturated heterocycles. The van der Waals surface area contributed by atoms with Gasteiger partial charge in [-0.2, -0.15) is 0 Å². The summed E-state index contributed by atoms with van der Waals surface area (Å²) in [7, 11) is 0. The Bertz CT molecular complexity index is 1110. The van der Waals surface area contributed by atoms with Crippen molar-refractivity contribution in [2.45, 2.75) is 4.90 Å². The number of hydrogen-bond acceptors (Lipinski definition) is 4. The molecule has 138 valence electrons. The zero-order chi connectivity index (χ0) is 19.3. The zero-order valence-corrected chi connectivity index (χ0v) is 15.7. The Balaban J connectivity index is 1.50. The van der Waals surface area contributed by atoms with E-state index in [2.05, 4.69) is 15.6 Å². The third-order valence-electron chi connectivity index (χ3n) is 4.17. The lowest BCUT2D eigenvalue weighted by Gasteiger charge is -2.11. The molecule has 0 aliphatic heterocycles. The molecule has 0 aliphatic carbocycles. The van der Waals surface area contributed by atoms with Crippen LogP contribution in [-0.4, -0.2) is 22.7 Å². The van der Waals surface area contributed by atoms with E-state index in [0.717, 1.165) is 26.7 Å². The van der Waals surface area contributed by atoms with Crippen LogP contribution in [0.1, 0.15) is 0 Å². The molecule has 2 N–H and O–H groups in total. The number of benzene rings is 3. The number of carbonyl (C=O) groups excluding carboxylic acids is 2. The van der Waals surface area contributed by atoms with E-state index in [1.54, 1.807) is 12.1 Å². The second-order valence-corrected chi connectivity index (χ2v) is 7.12. The Labute approximate surface area is 166 Å². The van der Waals surface area contributed by atoms with Gasteiger partial charge in [0, 0.05) is 21.4 Å². The minimum absolute atomic E-state index is 0.125. The van der Waals surface area contributed by atoms with E-state index < -0.39 is 6.03 Å². The lowest BCUT2D eigenvalue weighted by Crippen LogP contribution is -2.35. The molecule has 3 amide bonds. The van der Waals surface area contributed by atoms with Crippen molar-refractivity contribution in [3.05, 3.63) is 78.9 Å². The maximum Gasteiger partial charge on any atom is 0.325 e. The first-order chi connectivity index (χ1) is 13.7. The molecule has 1 heterocycles. The van der Waals surface area contributed by atoms with E-state index in [1.807, 2.05) is 66.7 Å². The number of amides is 3. The van der Waals surface area contributed by atoms with E-state index >= 15 is 0 Å². The Morgan fingerprint density at radius 3 is 2.00 bits per heavy atom. The van der Waals surface area contributed by atoms with Crippen molar-refractivity contribution in [3.8, 4) is 0 Å². The van der Waals surface area contributed by atoms with Crippen LogP contribution >= 0.6 is 11.8 Å². The summed E-state index contributed by atoms with van der Waals surface area (Å²) in [6.07, 6.45) is 0. The lowest BCUT2D eigenvalue weighted by atomic mass is 10.1. The molecule has 28 heavy (non-hydrogen) atoms. The predicted molar refractivity (Wildman–Crippen MR) is 114 cm³/mol. The van der Waals surface area contributed by atoms with E-state index in [1.165, 1.54) is 11.8 Å². The second kappa shape index (κ2) is 8.10. The van der Waals surface area contributed by atoms with Crippen LogP contribution in [0.4, 0.5) is 10.5 Å². The highest BCUT2D eigenvalue weighted by molar-refractivity contribution is 8.00. The molecule has 0 bridgehead atoms. The first-order valence-electron chi connectivity index (χ1n) is 8.77. The number of aromatic nitrogens is 1. The van der Waals surface area contributed by atoms with Crippen molar-refractivity contribution in [3.63, 3.8) is 0 Å². The van der Waals surface area contributed by atoms with Crippen LogP contribution in [0.25, 0.3) is 21.8 Å². The van der Waals surface area contributed by atoms with Crippen molar-refractivity contribution in [2.75, 3.05) is 11.1 Å². The number of carbonyl (C=O) groups is 2. The van der Waals surface area contributed by atoms with Gasteiger partial charge >= 0.3 is 6.03 Å². The van der Waals surface area contributed by atoms with Crippen LogP contribution in [0, 0.1) is 0 Å². The molecule has 0 saturated carbocycles. The van der Waals surface area contributed by atoms with Crippen LogP contribution in [0.3, 0.4) is 0 Å². The average Bonchev–Trinajstić information content (AvgIpc) is 2.71. The highest BCUT2D eigenvalue weighted by atomic mass is 32.2. The molecule has 3 aromatic carbocycles. The summed E-state index contributed by atoms with van der Waals surface area (Å²) in [5.41, 5.74) is 2.39. The summed E-state index contributed by atoms with van der Waals surface area (Å²) in [5, 5.41) is 7.00. The minimum Gasteiger partial charge on any atom is -0.308 e. The van der Waals surface area contributed by atoms with Gasteiger partial charge in [0.2, 0.25) is 5.91 Å². The number of hydrogen-bond donors (Lipinski definition) is 2. The van der Waals surface area contributed by atoms with Crippen LogP contribution in [0.5, 0.6) is 0 Å². The topological polar surface area (TPSA) is 71.1 Å². The standard InChI is InChI=1S/C22H17N3O2S/c26-20(25-22(27)23-15-8-2-1-3-9-15)14-28-21-16-10-4-6-12-18(16)24-19-13-7-5-11-17(19)21/h1-13H,14H2,(H2,23,25,26,27). The monoisotopic (exact) mass is 387 g/mol. The van der Waals surface area contributed by atoms with E-state index in [-0.39, 0.29) is 11.7 Å². The molecule has 4 rings (SSSR count). The smallest absolute Gasteiger partial charge is 0.308 e. The number of fused-ring (bicyclic) bond motifs is 2. The zero-order valence-electron chi connectivity index (χ0n) is 14.9. The molecule has 4 aromatic rings. The predicted octanol–water partition coefficient (Wildman–Crippen LogP) is 4.83. The number of nitrogens with one attached hydrogen (secondary N) is 2. The van der Waals surface area contributed by atoms with Crippen molar-refractivity contribution in [1.82, 2.24) is 10.3 Å². The maximum absolute atomic E-state index is 12.3. The van der Waals surface area contributed by atoms with Crippen LogP contribution in [0.15, 0.2) is 83.8 Å². The highest BCUT2D eigenvalue weighted by Crippen LogP contribution is 2.33. The van der Waals surface area contributed by atoms with Gasteiger partial charge in [0.05, 0.1) is 16.8 Å². The molecule has 6 heteroatoms. The first-order valence-corrected chi connectivity index (χ1v) is 9.75. The number of rotatable bonds is 4. The molecule has 0 atom stereocenters. The first kappa shape index (κ1) is 18.0. The Hall–Kier alpha value is -3.38. The van der Waals surface area contributed by atoms with Gasteiger partial charge in [-0.1, -0.05) is 54.6 Å². The number of anilines is 1. The Morgan fingerprint density at radius 1 is 0.786 bits per heavy atom. The molecular formula is C22H17N3O2S. The number of urea groups is 1. The molecule has 0 spiro atoms. The van der Waals surface area contributed by atoms with Gasteiger partial charge in [-0.15, -0.1) is 11.8 Å². The van der Waals surface area contributed by atoms with Crippen molar-refractivity contribution >= 4 is 51.2 Å². The van der Waals surface area contributed by atoms with Gasteiger partial charge in [-0.3, -0.25) is 10.1 Å². The summed E-state index contributed by atoms with van der Waals surface area (Å²) >= 11 is 1.40. The summed E-state index contributed by atoms with van der Waals surface area (Å²) in [5.74, 6) is -0.233. The summed E-state index contributed by atoms with van der Waals surface area (Å²) in [6.45, 7) is 0. The van der Waals surface area contributed by atoms with Crippen LogP contribution in [0.2, 0.25) is 0 Å². The molecule has 1 aromatic heterocycles. The van der Waals surface area contributed by atoms with Crippen molar-refractivity contribution in [2.24, 2.45) is 0 Å². The Kier molecular flexibility index (Phi) is 5.21. The van der Waals surface area contributed by atoms with Gasteiger partial charge in [-0.05, 0) is 24.3 Å². The lowest BCUT2D eigenvalue weighted by molar-refractivity contribution is -0.117. The number of nitrogens with zero attached hydrogens (tertiary/aromatic N) is 1. The normalized spacial score (nSPS) is 10.7. The van der Waals surface area contributed by atoms with Crippen LogP contribution < -0.4 is 10.6 Å². The quantitative estimate of drug-likeness (QED) is 0.389. The van der Waals surface area contributed by atoms with Gasteiger partial charge in [0.1, 0.15) is 0 Å². The second-order valence-electron chi connectivity index (χ2n) is 6.13. The fourth-order valence-electron chi connectivity index (χ4n) is 2.94. The summed E-state index contributed by atoms with van der Waals surface area (Å²) in [6, 6.07) is 24.2. The number of thioether (sulfide) groups is 1. The van der Waals surface area contributed by atoms with Crippen LogP contribution in [-0.2, 0) is 4.79 Å². The molecule has 0 unspecified atom stereocenters. The molecular weight excluding hydrogens is 370 g/mol. The number of pyridine rings is 1. The SMILES string of the molecule is O=C(CSc1c2ccccc2nc2ccccc12)NC(=O)Nc1ccccc1. The number of para-hydroxylation sites is 3.